The van der Waals surface area contributed by atoms with Crippen LogP contribution in [0.2, 0.25) is 0 Å². The van der Waals surface area contributed by atoms with Crippen LogP contribution in [0, 0.1) is 0 Å². The number of esters is 1. The van der Waals surface area contributed by atoms with E-state index in [1.807, 2.05) is 44.2 Å². The first-order valence-corrected chi connectivity index (χ1v) is 7.76. The molecule has 4 heteroatoms. The van der Waals surface area contributed by atoms with Crippen LogP contribution in [-0.2, 0) is 19.8 Å². The Morgan fingerprint density at radius 2 is 1.90 bits per heavy atom. The van der Waals surface area contributed by atoms with Crippen molar-refractivity contribution in [2.24, 2.45) is 0 Å². The summed E-state index contributed by atoms with van der Waals surface area (Å²) >= 11 is 0. The predicted molar refractivity (Wildman–Crippen MR) is 84.2 cm³/mol. The summed E-state index contributed by atoms with van der Waals surface area (Å²) in [6.07, 6.45) is 2.05. The van der Waals surface area contributed by atoms with Crippen LogP contribution in [0.4, 0.5) is 0 Å². The highest BCUT2D eigenvalue weighted by Crippen LogP contribution is 2.24. The van der Waals surface area contributed by atoms with Crippen molar-refractivity contribution in [1.29, 1.82) is 0 Å². The minimum absolute atomic E-state index is 0.281. The molecule has 4 nitrogen and oxygen atoms in total. The molecule has 0 aliphatic rings. The SMILES string of the molecule is CCCCOCC(NCC)(C(=O)OCC)c1ccccc1. The van der Waals surface area contributed by atoms with E-state index in [-0.39, 0.29) is 12.6 Å². The highest BCUT2D eigenvalue weighted by Gasteiger charge is 2.41. The van der Waals surface area contributed by atoms with Crippen LogP contribution in [-0.4, -0.2) is 32.3 Å². The lowest BCUT2D eigenvalue weighted by atomic mass is 9.90. The van der Waals surface area contributed by atoms with Crippen LogP contribution in [0.15, 0.2) is 30.3 Å². The van der Waals surface area contributed by atoms with Crippen LogP contribution in [0.3, 0.4) is 0 Å². The molecule has 0 saturated carbocycles. The predicted octanol–water partition coefficient (Wildman–Crippen LogP) is 2.87. The van der Waals surface area contributed by atoms with Crippen molar-refractivity contribution in [2.75, 3.05) is 26.4 Å². The normalized spacial score (nSPS) is 13.7. The zero-order valence-corrected chi connectivity index (χ0v) is 13.4. The summed E-state index contributed by atoms with van der Waals surface area (Å²) < 4.78 is 11.0. The number of likely N-dealkylation sites (N-methyl/N-ethyl adjacent to an activating group) is 1. The fourth-order valence-corrected chi connectivity index (χ4v) is 2.24. The van der Waals surface area contributed by atoms with Crippen molar-refractivity contribution < 1.29 is 14.3 Å². The molecule has 0 aliphatic heterocycles. The Balaban J connectivity index is 3.01. The molecule has 1 unspecified atom stereocenters. The Bertz CT molecular complexity index is 408. The van der Waals surface area contributed by atoms with E-state index in [0.717, 1.165) is 18.4 Å². The number of benzene rings is 1. The van der Waals surface area contributed by atoms with Gasteiger partial charge in [0.05, 0.1) is 13.2 Å². The summed E-state index contributed by atoms with van der Waals surface area (Å²) in [5.41, 5.74) is -0.0541. The first-order valence-electron chi connectivity index (χ1n) is 7.76. The van der Waals surface area contributed by atoms with Crippen molar-refractivity contribution in [2.45, 2.75) is 39.2 Å². The minimum atomic E-state index is -0.931. The third-order valence-electron chi connectivity index (χ3n) is 3.33. The van der Waals surface area contributed by atoms with Gasteiger partial charge in [-0.05, 0) is 25.5 Å². The molecule has 21 heavy (non-hydrogen) atoms. The molecular formula is C17H27NO3. The Kier molecular flexibility index (Phi) is 8.01. The maximum atomic E-state index is 12.6. The van der Waals surface area contributed by atoms with Gasteiger partial charge >= 0.3 is 5.97 Å². The molecule has 0 heterocycles. The number of unbranched alkanes of at least 4 members (excludes halogenated alkanes) is 1. The topological polar surface area (TPSA) is 47.6 Å². The second kappa shape index (κ2) is 9.53. The van der Waals surface area contributed by atoms with E-state index in [2.05, 4.69) is 12.2 Å². The molecule has 118 valence electrons. The fourth-order valence-electron chi connectivity index (χ4n) is 2.24. The van der Waals surface area contributed by atoms with Crippen molar-refractivity contribution in [3.63, 3.8) is 0 Å². The van der Waals surface area contributed by atoms with Crippen molar-refractivity contribution in [3.05, 3.63) is 35.9 Å². The first kappa shape index (κ1) is 17.7. The summed E-state index contributed by atoms with van der Waals surface area (Å²) in [6.45, 7) is 7.85. The summed E-state index contributed by atoms with van der Waals surface area (Å²) in [7, 11) is 0. The lowest BCUT2D eigenvalue weighted by Crippen LogP contribution is -2.53. The van der Waals surface area contributed by atoms with E-state index in [1.165, 1.54) is 0 Å². The second-order valence-corrected chi connectivity index (χ2v) is 4.93. The van der Waals surface area contributed by atoms with Gasteiger partial charge in [0.15, 0.2) is 5.54 Å². The number of nitrogens with one attached hydrogen (secondary N) is 1. The second-order valence-electron chi connectivity index (χ2n) is 4.93. The Hall–Kier alpha value is -1.39. The molecule has 1 aromatic rings. The summed E-state index contributed by atoms with van der Waals surface area (Å²) in [5, 5.41) is 3.27. The van der Waals surface area contributed by atoms with Gasteiger partial charge in [-0.3, -0.25) is 5.32 Å². The van der Waals surface area contributed by atoms with E-state index in [4.69, 9.17) is 9.47 Å². The molecule has 0 bridgehead atoms. The molecule has 0 spiro atoms. The molecule has 0 amide bonds. The van der Waals surface area contributed by atoms with Gasteiger partial charge in [0.1, 0.15) is 0 Å². The molecule has 0 aromatic heterocycles. The minimum Gasteiger partial charge on any atom is -0.464 e. The molecular weight excluding hydrogens is 266 g/mol. The summed E-state index contributed by atoms with van der Waals surface area (Å²) in [4.78, 5) is 12.6. The van der Waals surface area contributed by atoms with Gasteiger partial charge in [-0.2, -0.15) is 0 Å². The maximum absolute atomic E-state index is 12.6. The highest BCUT2D eigenvalue weighted by molar-refractivity contribution is 5.83. The molecule has 0 fully saturated rings. The van der Waals surface area contributed by atoms with E-state index < -0.39 is 5.54 Å². The number of rotatable bonds is 10. The van der Waals surface area contributed by atoms with Gasteiger partial charge in [0, 0.05) is 6.61 Å². The third kappa shape index (κ3) is 4.83. The van der Waals surface area contributed by atoms with Crippen LogP contribution in [0.1, 0.15) is 39.2 Å². The molecule has 0 radical (unpaired) electrons. The highest BCUT2D eigenvalue weighted by atomic mass is 16.5. The number of carbonyl (C=O) groups is 1. The van der Waals surface area contributed by atoms with Crippen molar-refractivity contribution >= 4 is 5.97 Å². The van der Waals surface area contributed by atoms with Crippen LogP contribution >= 0.6 is 0 Å². The molecule has 1 rings (SSSR count). The van der Waals surface area contributed by atoms with Gasteiger partial charge in [-0.15, -0.1) is 0 Å². The number of ether oxygens (including phenoxy) is 2. The van der Waals surface area contributed by atoms with Crippen LogP contribution in [0.25, 0.3) is 0 Å². The molecule has 1 atom stereocenters. The Morgan fingerprint density at radius 3 is 2.48 bits per heavy atom. The Labute approximate surface area is 127 Å². The van der Waals surface area contributed by atoms with E-state index in [0.29, 0.717) is 19.8 Å². The van der Waals surface area contributed by atoms with Gasteiger partial charge in [0.2, 0.25) is 0 Å². The van der Waals surface area contributed by atoms with Gasteiger partial charge in [0.25, 0.3) is 0 Å². The monoisotopic (exact) mass is 293 g/mol. The fraction of sp³-hybridized carbons (Fsp3) is 0.588. The number of carbonyl (C=O) groups excluding carboxylic acids is 1. The van der Waals surface area contributed by atoms with E-state index in [1.54, 1.807) is 0 Å². The lowest BCUT2D eigenvalue weighted by molar-refractivity contribution is -0.155. The Morgan fingerprint density at radius 1 is 1.19 bits per heavy atom. The lowest BCUT2D eigenvalue weighted by Gasteiger charge is -2.32. The third-order valence-corrected chi connectivity index (χ3v) is 3.33. The standard InChI is InChI=1S/C17H27NO3/c1-4-7-13-20-14-17(18-5-2,16(19)21-6-3)15-11-9-8-10-12-15/h8-12,18H,4-7,13-14H2,1-3H3. The van der Waals surface area contributed by atoms with Gasteiger partial charge in [-0.25, -0.2) is 4.79 Å². The molecule has 1 aromatic carbocycles. The van der Waals surface area contributed by atoms with Gasteiger partial charge < -0.3 is 9.47 Å². The molecule has 0 aliphatic carbocycles. The number of hydrogen-bond acceptors (Lipinski definition) is 4. The molecule has 1 N–H and O–H groups in total. The average Bonchev–Trinajstić information content (AvgIpc) is 2.51. The zero-order valence-electron chi connectivity index (χ0n) is 13.4. The summed E-state index contributed by atoms with van der Waals surface area (Å²) in [5.74, 6) is -0.283. The quantitative estimate of drug-likeness (QED) is 0.532. The van der Waals surface area contributed by atoms with Crippen LogP contribution < -0.4 is 5.32 Å². The van der Waals surface area contributed by atoms with E-state index >= 15 is 0 Å². The summed E-state index contributed by atoms with van der Waals surface area (Å²) in [6, 6.07) is 9.65. The van der Waals surface area contributed by atoms with Crippen LogP contribution in [0.5, 0.6) is 0 Å². The first-order chi connectivity index (χ1) is 10.2. The van der Waals surface area contributed by atoms with Crippen molar-refractivity contribution in [3.8, 4) is 0 Å². The smallest absolute Gasteiger partial charge is 0.333 e. The number of hydrogen-bond donors (Lipinski definition) is 1. The zero-order chi connectivity index (χ0) is 15.6. The van der Waals surface area contributed by atoms with E-state index in [9.17, 15) is 4.79 Å². The average molecular weight is 293 g/mol. The van der Waals surface area contributed by atoms with Crippen molar-refractivity contribution in [1.82, 2.24) is 5.32 Å². The maximum Gasteiger partial charge on any atom is 0.333 e. The largest absolute Gasteiger partial charge is 0.464 e. The molecule has 0 saturated heterocycles. The van der Waals surface area contributed by atoms with Gasteiger partial charge in [-0.1, -0.05) is 50.6 Å².